The van der Waals surface area contributed by atoms with Gasteiger partial charge >= 0.3 is 6.09 Å². The predicted octanol–water partition coefficient (Wildman–Crippen LogP) is 8.13. The highest BCUT2D eigenvalue weighted by Gasteiger charge is 2.36. The number of alkyl carbamates (subject to hydrolysis) is 1. The lowest BCUT2D eigenvalue weighted by Gasteiger charge is -2.35. The third-order valence-electron chi connectivity index (χ3n) is 7.41. The summed E-state index contributed by atoms with van der Waals surface area (Å²) in [6, 6.07) is 11.9. The SMILES string of the molecule is CCCCCCCCN(C(=O)C(CCSC)NC(=O)OC(C)(C)C)C(C(=O)Nc1c(C)cccc1C)c1ccccc1C. The normalized spacial score (nSPS) is 12.7. The monoisotopic (exact) mass is 611 g/mol. The van der Waals surface area contributed by atoms with Gasteiger partial charge in [-0.05, 0) is 88.6 Å². The van der Waals surface area contributed by atoms with E-state index in [1.54, 1.807) is 37.4 Å². The van der Waals surface area contributed by atoms with Crippen LogP contribution in [0.4, 0.5) is 10.5 Å². The van der Waals surface area contributed by atoms with Crippen LogP contribution in [0.2, 0.25) is 0 Å². The first-order valence-corrected chi connectivity index (χ1v) is 17.0. The van der Waals surface area contributed by atoms with Crippen molar-refractivity contribution in [1.82, 2.24) is 10.2 Å². The Labute approximate surface area is 263 Å². The Morgan fingerprint density at radius 1 is 0.884 bits per heavy atom. The highest BCUT2D eigenvalue weighted by molar-refractivity contribution is 7.98. The van der Waals surface area contributed by atoms with Gasteiger partial charge in [0.2, 0.25) is 5.91 Å². The van der Waals surface area contributed by atoms with Crippen molar-refractivity contribution < 1.29 is 19.1 Å². The Hall–Kier alpha value is -3.00. The van der Waals surface area contributed by atoms with Gasteiger partial charge in [0.05, 0.1) is 0 Å². The van der Waals surface area contributed by atoms with Crippen LogP contribution in [0.5, 0.6) is 0 Å². The fourth-order valence-electron chi connectivity index (χ4n) is 5.12. The van der Waals surface area contributed by atoms with E-state index < -0.39 is 23.8 Å². The number of para-hydroxylation sites is 1. The van der Waals surface area contributed by atoms with E-state index in [2.05, 4.69) is 17.6 Å². The molecule has 0 bridgehead atoms. The van der Waals surface area contributed by atoms with Crippen molar-refractivity contribution in [3.8, 4) is 0 Å². The summed E-state index contributed by atoms with van der Waals surface area (Å²) in [7, 11) is 0. The van der Waals surface area contributed by atoms with E-state index in [1.807, 2.05) is 69.5 Å². The average molecular weight is 612 g/mol. The number of nitrogens with zero attached hydrogens (tertiary/aromatic N) is 1. The zero-order valence-electron chi connectivity index (χ0n) is 27.5. The van der Waals surface area contributed by atoms with Gasteiger partial charge in [0.15, 0.2) is 0 Å². The molecule has 2 atom stereocenters. The zero-order chi connectivity index (χ0) is 32.0. The van der Waals surface area contributed by atoms with Crippen molar-refractivity contribution in [2.24, 2.45) is 0 Å². The van der Waals surface area contributed by atoms with Crippen LogP contribution in [0.25, 0.3) is 0 Å². The maximum atomic E-state index is 14.5. The molecule has 0 fully saturated rings. The van der Waals surface area contributed by atoms with Crippen molar-refractivity contribution in [3.05, 3.63) is 64.7 Å². The molecule has 8 heteroatoms. The predicted molar refractivity (Wildman–Crippen MR) is 180 cm³/mol. The van der Waals surface area contributed by atoms with Crippen LogP contribution < -0.4 is 10.6 Å². The van der Waals surface area contributed by atoms with Crippen LogP contribution in [0.15, 0.2) is 42.5 Å². The van der Waals surface area contributed by atoms with Gasteiger partial charge in [0, 0.05) is 12.2 Å². The lowest BCUT2D eigenvalue weighted by Crippen LogP contribution is -2.53. The van der Waals surface area contributed by atoms with Crippen LogP contribution in [0, 0.1) is 20.8 Å². The number of benzene rings is 2. The van der Waals surface area contributed by atoms with Crippen molar-refractivity contribution in [2.75, 3.05) is 23.9 Å². The van der Waals surface area contributed by atoms with E-state index in [0.29, 0.717) is 18.7 Å². The number of hydrogen-bond acceptors (Lipinski definition) is 5. The van der Waals surface area contributed by atoms with E-state index >= 15 is 0 Å². The summed E-state index contributed by atoms with van der Waals surface area (Å²) < 4.78 is 5.52. The molecule has 0 aliphatic heterocycles. The topological polar surface area (TPSA) is 87.7 Å². The highest BCUT2D eigenvalue weighted by atomic mass is 32.2. The standard InChI is InChI=1S/C35H53N3O4S/c1-9-10-11-12-13-16-23-38(33(40)29(22-24-43-8)36-34(41)42-35(5,6)7)31(28-21-15-14-18-25(28)2)32(39)37-30-26(3)19-17-20-27(30)4/h14-15,17-21,29,31H,9-13,16,22-24H2,1-8H3,(H,36,41)(H,37,39). The van der Waals surface area contributed by atoms with Crippen molar-refractivity contribution in [2.45, 2.75) is 111 Å². The molecule has 0 aliphatic rings. The molecule has 2 aromatic carbocycles. The highest BCUT2D eigenvalue weighted by Crippen LogP contribution is 2.29. The number of amides is 3. The summed E-state index contributed by atoms with van der Waals surface area (Å²) >= 11 is 1.60. The molecule has 0 heterocycles. The molecule has 2 unspecified atom stereocenters. The van der Waals surface area contributed by atoms with Gasteiger partial charge in [-0.3, -0.25) is 9.59 Å². The van der Waals surface area contributed by atoms with Crippen molar-refractivity contribution in [3.63, 3.8) is 0 Å². The number of carbonyl (C=O) groups excluding carboxylic acids is 3. The Balaban J connectivity index is 2.55. The summed E-state index contributed by atoms with van der Waals surface area (Å²) in [5, 5.41) is 6.00. The lowest BCUT2D eigenvalue weighted by molar-refractivity contribution is -0.141. The van der Waals surface area contributed by atoms with Gasteiger partial charge in [-0.1, -0.05) is 81.5 Å². The van der Waals surface area contributed by atoms with Gasteiger partial charge in [0.25, 0.3) is 5.91 Å². The fraction of sp³-hybridized carbons (Fsp3) is 0.571. The number of nitrogens with one attached hydrogen (secondary N) is 2. The van der Waals surface area contributed by atoms with Crippen LogP contribution in [0.1, 0.15) is 101 Å². The number of rotatable bonds is 16. The zero-order valence-corrected chi connectivity index (χ0v) is 28.4. The number of carbonyl (C=O) groups is 3. The van der Waals surface area contributed by atoms with Gasteiger partial charge in [0.1, 0.15) is 17.7 Å². The Morgan fingerprint density at radius 3 is 2.09 bits per heavy atom. The minimum Gasteiger partial charge on any atom is -0.444 e. The molecule has 2 rings (SSSR count). The molecule has 0 saturated heterocycles. The van der Waals surface area contributed by atoms with Crippen LogP contribution in [-0.4, -0.2) is 53.0 Å². The quantitative estimate of drug-likeness (QED) is 0.187. The van der Waals surface area contributed by atoms with Crippen LogP contribution in [-0.2, 0) is 14.3 Å². The van der Waals surface area contributed by atoms with Crippen LogP contribution in [0.3, 0.4) is 0 Å². The number of anilines is 1. The van der Waals surface area contributed by atoms with E-state index in [1.165, 1.54) is 6.42 Å². The second-order valence-corrected chi connectivity index (χ2v) is 13.3. The lowest BCUT2D eigenvalue weighted by atomic mass is 9.97. The molecule has 2 N–H and O–H groups in total. The molecule has 43 heavy (non-hydrogen) atoms. The number of ether oxygens (including phenoxy) is 1. The smallest absolute Gasteiger partial charge is 0.408 e. The third kappa shape index (κ3) is 11.9. The second-order valence-electron chi connectivity index (χ2n) is 12.3. The summed E-state index contributed by atoms with van der Waals surface area (Å²) in [6.45, 7) is 13.9. The molecular formula is C35H53N3O4S. The minimum absolute atomic E-state index is 0.271. The third-order valence-corrected chi connectivity index (χ3v) is 8.05. The number of hydrogen-bond donors (Lipinski definition) is 2. The molecule has 7 nitrogen and oxygen atoms in total. The first-order chi connectivity index (χ1) is 20.4. The molecule has 3 amide bonds. The number of unbranched alkanes of at least 4 members (excludes halogenated alkanes) is 5. The minimum atomic E-state index is -0.874. The fourth-order valence-corrected chi connectivity index (χ4v) is 5.59. The molecule has 0 radical (unpaired) electrons. The Bertz CT molecular complexity index is 1170. The Morgan fingerprint density at radius 2 is 1.49 bits per heavy atom. The van der Waals surface area contributed by atoms with Crippen molar-refractivity contribution in [1.29, 1.82) is 0 Å². The van der Waals surface area contributed by atoms with Gasteiger partial charge < -0.3 is 20.3 Å². The van der Waals surface area contributed by atoms with Gasteiger partial charge in [-0.2, -0.15) is 11.8 Å². The molecule has 0 aliphatic carbocycles. The van der Waals surface area contributed by atoms with Crippen molar-refractivity contribution >= 4 is 35.4 Å². The number of thioether (sulfide) groups is 1. The summed E-state index contributed by atoms with van der Waals surface area (Å²) in [4.78, 5) is 43.4. The molecule has 0 spiro atoms. The molecular weight excluding hydrogens is 558 g/mol. The molecule has 238 valence electrons. The summed E-state index contributed by atoms with van der Waals surface area (Å²) in [5.41, 5.74) is 3.65. The van der Waals surface area contributed by atoms with Gasteiger partial charge in [-0.15, -0.1) is 0 Å². The van der Waals surface area contributed by atoms with E-state index in [-0.39, 0.29) is 11.8 Å². The average Bonchev–Trinajstić information content (AvgIpc) is 2.93. The largest absolute Gasteiger partial charge is 0.444 e. The maximum absolute atomic E-state index is 14.5. The Kier molecular flexibility index (Phi) is 15.1. The molecule has 2 aromatic rings. The molecule has 0 saturated carbocycles. The summed E-state index contributed by atoms with van der Waals surface area (Å²) in [6.07, 6.45) is 8.03. The van der Waals surface area contributed by atoms with Crippen LogP contribution >= 0.6 is 11.8 Å². The second kappa shape index (κ2) is 18.0. The molecule has 0 aromatic heterocycles. The first-order valence-electron chi connectivity index (χ1n) is 15.6. The number of aryl methyl sites for hydroxylation is 3. The summed E-state index contributed by atoms with van der Waals surface area (Å²) in [5.74, 6) is 0.117. The maximum Gasteiger partial charge on any atom is 0.408 e. The first kappa shape index (κ1) is 36.2. The van der Waals surface area contributed by atoms with E-state index in [0.717, 1.165) is 60.0 Å². The van der Waals surface area contributed by atoms with E-state index in [9.17, 15) is 14.4 Å². The van der Waals surface area contributed by atoms with E-state index in [4.69, 9.17) is 4.74 Å². The van der Waals surface area contributed by atoms with Gasteiger partial charge in [-0.25, -0.2) is 4.79 Å².